The molecular weight excluding hydrogens is 310 g/mol. The van der Waals surface area contributed by atoms with E-state index in [9.17, 15) is 4.79 Å². The molecule has 4 atom stereocenters. The van der Waals surface area contributed by atoms with E-state index in [0.29, 0.717) is 18.4 Å². The van der Waals surface area contributed by atoms with Crippen molar-refractivity contribution in [3.8, 4) is 0 Å². The molecule has 1 heterocycles. The fourth-order valence-corrected chi connectivity index (χ4v) is 3.17. The number of halogens is 1. The van der Waals surface area contributed by atoms with Crippen molar-refractivity contribution in [2.75, 3.05) is 19.6 Å². The molecule has 1 aliphatic rings. The van der Waals surface area contributed by atoms with Crippen molar-refractivity contribution in [2.24, 2.45) is 11.7 Å². The average Bonchev–Trinajstić information content (AvgIpc) is 2.99. The van der Waals surface area contributed by atoms with E-state index in [4.69, 9.17) is 5.73 Å². The van der Waals surface area contributed by atoms with Crippen LogP contribution in [0.15, 0.2) is 30.3 Å². The first-order valence-corrected chi connectivity index (χ1v) is 8.36. The predicted molar refractivity (Wildman–Crippen MR) is 97.9 cm³/mol. The monoisotopic (exact) mass is 339 g/mol. The number of nitrogens with one attached hydrogen (secondary N) is 1. The Bertz CT molecular complexity index is 482. The molecule has 2 unspecified atom stereocenters. The molecule has 2 rings (SSSR count). The van der Waals surface area contributed by atoms with Crippen LogP contribution in [-0.2, 0) is 4.79 Å². The molecule has 130 valence electrons. The van der Waals surface area contributed by atoms with Crippen molar-refractivity contribution >= 4 is 18.3 Å². The Balaban J connectivity index is 0.00000264. The molecule has 1 aromatic rings. The number of rotatable bonds is 6. The minimum Gasteiger partial charge on any atom is -0.352 e. The van der Waals surface area contributed by atoms with Gasteiger partial charge in [0, 0.05) is 25.0 Å². The summed E-state index contributed by atoms with van der Waals surface area (Å²) in [6, 6.07) is 10.6. The van der Waals surface area contributed by atoms with Gasteiger partial charge in [-0.3, -0.25) is 9.69 Å². The lowest BCUT2D eigenvalue weighted by molar-refractivity contribution is -0.126. The van der Waals surface area contributed by atoms with E-state index in [1.807, 2.05) is 19.9 Å². The quantitative estimate of drug-likeness (QED) is 0.836. The predicted octanol–water partition coefficient (Wildman–Crippen LogP) is 2.39. The molecule has 0 aromatic heterocycles. The van der Waals surface area contributed by atoms with Gasteiger partial charge in [-0.15, -0.1) is 12.4 Å². The third-order valence-corrected chi connectivity index (χ3v) is 4.93. The topological polar surface area (TPSA) is 58.4 Å². The first kappa shape index (κ1) is 19.9. The highest BCUT2D eigenvalue weighted by Gasteiger charge is 2.36. The molecule has 0 saturated carbocycles. The Kier molecular flexibility index (Phi) is 8.03. The molecule has 23 heavy (non-hydrogen) atoms. The number of hydrogen-bond acceptors (Lipinski definition) is 3. The summed E-state index contributed by atoms with van der Waals surface area (Å²) in [7, 11) is 0. The van der Waals surface area contributed by atoms with Crippen molar-refractivity contribution in [1.29, 1.82) is 0 Å². The van der Waals surface area contributed by atoms with Gasteiger partial charge in [-0.1, -0.05) is 37.3 Å². The number of nitrogens with zero attached hydrogens (tertiary/aromatic N) is 1. The number of carbonyl (C=O) groups excluding carboxylic acids is 1. The van der Waals surface area contributed by atoms with Crippen LogP contribution in [0.2, 0.25) is 0 Å². The number of carbonyl (C=O) groups is 1. The number of hydrogen-bond donors (Lipinski definition) is 2. The van der Waals surface area contributed by atoms with Gasteiger partial charge in [0.1, 0.15) is 0 Å². The molecule has 0 bridgehead atoms. The van der Waals surface area contributed by atoms with Crippen LogP contribution in [0.3, 0.4) is 0 Å². The molecule has 1 aliphatic heterocycles. The van der Waals surface area contributed by atoms with Gasteiger partial charge >= 0.3 is 0 Å². The van der Waals surface area contributed by atoms with Crippen molar-refractivity contribution < 1.29 is 4.79 Å². The molecule has 5 heteroatoms. The Morgan fingerprint density at radius 3 is 2.52 bits per heavy atom. The largest absolute Gasteiger partial charge is 0.352 e. The Hall–Kier alpha value is -1.10. The summed E-state index contributed by atoms with van der Waals surface area (Å²) in [6.45, 7) is 8.59. The lowest BCUT2D eigenvalue weighted by Crippen LogP contribution is -2.47. The van der Waals surface area contributed by atoms with E-state index in [0.717, 1.165) is 19.5 Å². The summed E-state index contributed by atoms with van der Waals surface area (Å²) >= 11 is 0. The molecule has 1 aromatic carbocycles. The van der Waals surface area contributed by atoms with Crippen LogP contribution in [0.1, 0.15) is 38.7 Å². The van der Waals surface area contributed by atoms with E-state index >= 15 is 0 Å². The minimum atomic E-state index is -0.100. The lowest BCUT2D eigenvalue weighted by Gasteiger charge is -2.25. The maximum atomic E-state index is 12.4. The Morgan fingerprint density at radius 1 is 1.30 bits per heavy atom. The van der Waals surface area contributed by atoms with Gasteiger partial charge in [-0.2, -0.15) is 0 Å². The zero-order valence-electron chi connectivity index (χ0n) is 14.4. The maximum absolute atomic E-state index is 12.4. The summed E-state index contributed by atoms with van der Waals surface area (Å²) in [5.41, 5.74) is 7.30. The highest BCUT2D eigenvalue weighted by molar-refractivity contribution is 5.85. The Morgan fingerprint density at radius 2 is 1.96 bits per heavy atom. The molecular formula is C18H30ClN3O. The molecule has 1 saturated heterocycles. The zero-order chi connectivity index (χ0) is 16.1. The number of likely N-dealkylation sites (tertiary alicyclic amines) is 1. The van der Waals surface area contributed by atoms with Crippen molar-refractivity contribution in [3.63, 3.8) is 0 Å². The van der Waals surface area contributed by atoms with Crippen LogP contribution in [0, 0.1) is 5.92 Å². The first-order valence-electron chi connectivity index (χ1n) is 8.36. The molecule has 0 radical (unpaired) electrons. The van der Waals surface area contributed by atoms with Gasteiger partial charge in [0.05, 0.1) is 6.04 Å². The molecule has 1 amide bonds. The second kappa shape index (κ2) is 9.26. The first-order chi connectivity index (χ1) is 10.6. The SMILES string of the molecule is CCC(C)NC(=O)C(C)N1C[C@@H](CN)[C@H](c2ccccc2)C1.Cl. The molecule has 4 nitrogen and oxygen atoms in total. The van der Waals surface area contributed by atoms with Crippen LogP contribution in [0.25, 0.3) is 0 Å². The average molecular weight is 340 g/mol. The van der Waals surface area contributed by atoms with E-state index in [1.165, 1.54) is 5.56 Å². The van der Waals surface area contributed by atoms with Crippen LogP contribution in [0.4, 0.5) is 0 Å². The molecule has 0 spiro atoms. The fourth-order valence-electron chi connectivity index (χ4n) is 3.17. The van der Waals surface area contributed by atoms with Gasteiger partial charge in [-0.25, -0.2) is 0 Å². The Labute approximate surface area is 146 Å². The highest BCUT2D eigenvalue weighted by atomic mass is 35.5. The van der Waals surface area contributed by atoms with E-state index in [-0.39, 0.29) is 30.4 Å². The van der Waals surface area contributed by atoms with Crippen LogP contribution < -0.4 is 11.1 Å². The van der Waals surface area contributed by atoms with Gasteiger partial charge in [-0.05, 0) is 38.3 Å². The molecule has 3 N–H and O–H groups in total. The summed E-state index contributed by atoms with van der Waals surface area (Å²) in [5.74, 6) is 0.963. The minimum absolute atomic E-state index is 0. The van der Waals surface area contributed by atoms with Crippen molar-refractivity contribution in [1.82, 2.24) is 10.2 Å². The second-order valence-electron chi connectivity index (χ2n) is 6.46. The lowest BCUT2D eigenvalue weighted by atomic mass is 9.89. The summed E-state index contributed by atoms with van der Waals surface area (Å²) < 4.78 is 0. The smallest absolute Gasteiger partial charge is 0.237 e. The van der Waals surface area contributed by atoms with Gasteiger partial charge in [0.2, 0.25) is 5.91 Å². The summed E-state index contributed by atoms with van der Waals surface area (Å²) in [6.07, 6.45) is 0.955. The number of amides is 1. The van der Waals surface area contributed by atoms with Crippen molar-refractivity contribution in [2.45, 2.75) is 45.2 Å². The van der Waals surface area contributed by atoms with E-state index in [1.54, 1.807) is 0 Å². The maximum Gasteiger partial charge on any atom is 0.237 e. The van der Waals surface area contributed by atoms with Gasteiger partial charge in [0.25, 0.3) is 0 Å². The summed E-state index contributed by atoms with van der Waals surface area (Å²) in [5, 5.41) is 3.08. The van der Waals surface area contributed by atoms with Gasteiger partial charge < -0.3 is 11.1 Å². The standard InChI is InChI=1S/C18H29N3O.ClH/c1-4-13(2)20-18(22)14(3)21-11-16(10-19)17(12-21)15-8-6-5-7-9-15;/h5-9,13-14,16-17H,4,10-12,19H2,1-3H3,(H,20,22);1H/t13?,14?,16-,17+;/m1./s1. The summed E-state index contributed by atoms with van der Waals surface area (Å²) in [4.78, 5) is 14.6. The van der Waals surface area contributed by atoms with Gasteiger partial charge in [0.15, 0.2) is 0 Å². The number of nitrogens with two attached hydrogens (primary N) is 1. The molecule has 1 fully saturated rings. The normalized spacial score (nSPS) is 23.8. The van der Waals surface area contributed by atoms with Crippen LogP contribution in [-0.4, -0.2) is 42.5 Å². The van der Waals surface area contributed by atoms with E-state index in [2.05, 4.69) is 41.4 Å². The van der Waals surface area contributed by atoms with Crippen molar-refractivity contribution in [3.05, 3.63) is 35.9 Å². The third kappa shape index (κ3) is 4.93. The molecule has 0 aliphatic carbocycles. The zero-order valence-corrected chi connectivity index (χ0v) is 15.2. The highest BCUT2D eigenvalue weighted by Crippen LogP contribution is 2.33. The fraction of sp³-hybridized carbons (Fsp3) is 0.611. The van der Waals surface area contributed by atoms with E-state index < -0.39 is 0 Å². The van der Waals surface area contributed by atoms with Crippen LogP contribution >= 0.6 is 12.4 Å². The second-order valence-corrected chi connectivity index (χ2v) is 6.46. The number of benzene rings is 1. The third-order valence-electron chi connectivity index (χ3n) is 4.93. The van der Waals surface area contributed by atoms with Crippen LogP contribution in [0.5, 0.6) is 0 Å².